The average molecular weight is 444 g/mol. The lowest BCUT2D eigenvalue weighted by Crippen LogP contribution is -2.61. The van der Waals surface area contributed by atoms with E-state index in [0.717, 1.165) is 19.3 Å². The van der Waals surface area contributed by atoms with Crippen molar-refractivity contribution in [2.24, 2.45) is 0 Å². The maximum Gasteiger partial charge on any atom is 0.242 e. The molecular formula is C34H25B. The highest BCUT2D eigenvalue weighted by Gasteiger charge is 2.38. The number of fused-ring (bicyclic) bond motifs is 7. The van der Waals surface area contributed by atoms with Gasteiger partial charge in [-0.3, -0.25) is 0 Å². The monoisotopic (exact) mass is 444 g/mol. The number of benzene rings is 5. The molecule has 164 valence electrons. The lowest BCUT2D eigenvalue weighted by atomic mass is 9.30. The van der Waals surface area contributed by atoms with Crippen LogP contribution in [0.2, 0.25) is 0 Å². The molecule has 2 aliphatic heterocycles. The van der Waals surface area contributed by atoms with Gasteiger partial charge in [-0.2, -0.15) is 0 Å². The van der Waals surface area contributed by atoms with Gasteiger partial charge >= 0.3 is 0 Å². The Morgan fingerprint density at radius 1 is 0.486 bits per heavy atom. The molecule has 0 unspecified atom stereocenters. The molecule has 0 aromatic heterocycles. The zero-order valence-electron chi connectivity index (χ0n) is 19.9. The van der Waals surface area contributed by atoms with E-state index in [0.29, 0.717) is 6.71 Å². The summed E-state index contributed by atoms with van der Waals surface area (Å²) in [5.41, 5.74) is 20.6. The molecule has 0 saturated heterocycles. The van der Waals surface area contributed by atoms with Crippen molar-refractivity contribution in [1.29, 1.82) is 0 Å². The first kappa shape index (κ1) is 19.5. The summed E-state index contributed by atoms with van der Waals surface area (Å²) in [6.45, 7) is 2.60. The van der Waals surface area contributed by atoms with E-state index in [-0.39, 0.29) is 0 Å². The Morgan fingerprint density at radius 3 is 1.91 bits per heavy atom. The van der Waals surface area contributed by atoms with Gasteiger partial charge in [0.05, 0.1) is 0 Å². The van der Waals surface area contributed by atoms with Gasteiger partial charge in [0.25, 0.3) is 0 Å². The second kappa shape index (κ2) is 7.09. The minimum absolute atomic E-state index is 0.334. The summed E-state index contributed by atoms with van der Waals surface area (Å²) >= 11 is 0. The highest BCUT2D eigenvalue weighted by molar-refractivity contribution is 6.97. The third-order valence-corrected chi connectivity index (χ3v) is 8.65. The van der Waals surface area contributed by atoms with E-state index in [1.807, 2.05) is 0 Å². The third-order valence-electron chi connectivity index (χ3n) is 8.65. The SMILES string of the molecule is Cc1cccc2c1-c1c(cccc1-c1ccc3c4c1Cc1ccccc1B4c1ccccc1C3)C2. The van der Waals surface area contributed by atoms with Crippen LogP contribution in [-0.4, -0.2) is 6.71 Å². The van der Waals surface area contributed by atoms with Crippen molar-refractivity contribution in [1.82, 2.24) is 0 Å². The van der Waals surface area contributed by atoms with Crippen LogP contribution in [0.1, 0.15) is 38.9 Å². The zero-order valence-corrected chi connectivity index (χ0v) is 19.9. The van der Waals surface area contributed by atoms with E-state index in [4.69, 9.17) is 0 Å². The van der Waals surface area contributed by atoms with Crippen molar-refractivity contribution in [3.05, 3.63) is 136 Å². The zero-order chi connectivity index (χ0) is 23.1. The van der Waals surface area contributed by atoms with E-state index >= 15 is 0 Å². The summed E-state index contributed by atoms with van der Waals surface area (Å²) in [7, 11) is 0. The molecule has 35 heavy (non-hydrogen) atoms. The Bertz CT molecular complexity index is 1680. The minimum atomic E-state index is 0.334. The Labute approximate surface area is 207 Å². The molecule has 1 aliphatic carbocycles. The molecule has 0 radical (unpaired) electrons. The molecule has 3 aliphatic rings. The van der Waals surface area contributed by atoms with Crippen LogP contribution in [0.4, 0.5) is 0 Å². The predicted molar refractivity (Wildman–Crippen MR) is 148 cm³/mol. The van der Waals surface area contributed by atoms with Gasteiger partial charge in [-0.15, -0.1) is 0 Å². The number of hydrogen-bond acceptors (Lipinski definition) is 0. The molecule has 2 heterocycles. The van der Waals surface area contributed by atoms with Crippen LogP contribution in [-0.2, 0) is 19.3 Å². The van der Waals surface area contributed by atoms with Crippen LogP contribution in [0.25, 0.3) is 22.3 Å². The van der Waals surface area contributed by atoms with Crippen LogP contribution in [0.3, 0.4) is 0 Å². The first-order chi connectivity index (χ1) is 17.3. The summed E-state index contributed by atoms with van der Waals surface area (Å²) in [4.78, 5) is 0. The van der Waals surface area contributed by atoms with Crippen LogP contribution in [0.5, 0.6) is 0 Å². The predicted octanol–water partition coefficient (Wildman–Crippen LogP) is 5.56. The smallest absolute Gasteiger partial charge is 0.0667 e. The average Bonchev–Trinajstić information content (AvgIpc) is 3.29. The van der Waals surface area contributed by atoms with Gasteiger partial charge in [0.1, 0.15) is 0 Å². The van der Waals surface area contributed by atoms with Crippen molar-refractivity contribution < 1.29 is 0 Å². The van der Waals surface area contributed by atoms with Crippen molar-refractivity contribution in [2.75, 3.05) is 0 Å². The number of hydrogen-bond donors (Lipinski definition) is 0. The highest BCUT2D eigenvalue weighted by Crippen LogP contribution is 2.45. The molecule has 0 nitrogen and oxygen atoms in total. The van der Waals surface area contributed by atoms with Crippen molar-refractivity contribution >= 4 is 23.1 Å². The van der Waals surface area contributed by atoms with Crippen LogP contribution in [0.15, 0.2) is 97.1 Å². The second-order valence-electron chi connectivity index (χ2n) is 10.5. The molecule has 5 aromatic rings. The van der Waals surface area contributed by atoms with Gasteiger partial charge in [-0.1, -0.05) is 113 Å². The Morgan fingerprint density at radius 2 is 1.11 bits per heavy atom. The first-order valence-corrected chi connectivity index (χ1v) is 12.8. The van der Waals surface area contributed by atoms with E-state index in [1.54, 1.807) is 5.46 Å². The summed E-state index contributed by atoms with van der Waals surface area (Å²) in [5.74, 6) is 0. The maximum absolute atomic E-state index is 2.43. The fraction of sp³-hybridized carbons (Fsp3) is 0.118. The summed E-state index contributed by atoms with van der Waals surface area (Å²) in [5, 5.41) is 0. The Kier molecular flexibility index (Phi) is 3.94. The second-order valence-corrected chi connectivity index (χ2v) is 10.5. The fourth-order valence-corrected chi connectivity index (χ4v) is 7.20. The van der Waals surface area contributed by atoms with E-state index in [1.165, 1.54) is 72.1 Å². The fourth-order valence-electron chi connectivity index (χ4n) is 7.20. The van der Waals surface area contributed by atoms with Crippen molar-refractivity contribution in [2.45, 2.75) is 26.2 Å². The van der Waals surface area contributed by atoms with Crippen molar-refractivity contribution in [3.8, 4) is 22.3 Å². The van der Waals surface area contributed by atoms with Crippen LogP contribution in [0, 0.1) is 6.92 Å². The molecule has 0 fully saturated rings. The molecule has 8 rings (SSSR count). The molecular weight excluding hydrogens is 419 g/mol. The standard InChI is InChI=1S/C34H25B/c1-21-8-6-11-24-19-25-12-7-13-28(33(25)32(21)24)27-17-16-26-18-22-9-2-4-14-30(22)35-31-15-5-3-10-23(31)20-29(27)34(26)35/h2-17H,18-20H2,1H3. The van der Waals surface area contributed by atoms with Crippen LogP contribution >= 0.6 is 0 Å². The molecule has 1 heteroatoms. The third kappa shape index (κ3) is 2.64. The Hall–Kier alpha value is -3.84. The first-order valence-electron chi connectivity index (χ1n) is 12.8. The number of rotatable bonds is 1. The molecule has 0 saturated carbocycles. The quantitative estimate of drug-likeness (QED) is 0.291. The lowest BCUT2D eigenvalue weighted by molar-refractivity contribution is 1.15. The number of aryl methyl sites for hydroxylation is 1. The molecule has 0 bridgehead atoms. The van der Waals surface area contributed by atoms with Gasteiger partial charge in [-0.25, -0.2) is 0 Å². The van der Waals surface area contributed by atoms with Gasteiger partial charge in [-0.05, 0) is 87.4 Å². The van der Waals surface area contributed by atoms with E-state index < -0.39 is 0 Å². The Balaban J connectivity index is 1.43. The van der Waals surface area contributed by atoms with Crippen molar-refractivity contribution in [3.63, 3.8) is 0 Å². The largest absolute Gasteiger partial charge is 0.242 e. The molecule has 0 amide bonds. The van der Waals surface area contributed by atoms with Gasteiger partial charge < -0.3 is 0 Å². The summed E-state index contributed by atoms with van der Waals surface area (Å²) in [6, 6.07) is 36.9. The van der Waals surface area contributed by atoms with E-state index in [2.05, 4.69) is 104 Å². The summed E-state index contributed by atoms with van der Waals surface area (Å²) < 4.78 is 0. The van der Waals surface area contributed by atoms with Gasteiger partial charge in [0.2, 0.25) is 6.71 Å². The topological polar surface area (TPSA) is 0 Å². The molecule has 0 atom stereocenters. The van der Waals surface area contributed by atoms with Gasteiger partial charge in [0.15, 0.2) is 0 Å². The highest BCUT2D eigenvalue weighted by atomic mass is 14.3. The summed E-state index contributed by atoms with van der Waals surface area (Å²) in [6.07, 6.45) is 3.09. The molecule has 0 N–H and O–H groups in total. The minimum Gasteiger partial charge on any atom is -0.0667 e. The van der Waals surface area contributed by atoms with Crippen LogP contribution < -0.4 is 16.4 Å². The molecule has 5 aromatic carbocycles. The molecule has 0 spiro atoms. The van der Waals surface area contributed by atoms with Gasteiger partial charge in [0, 0.05) is 0 Å². The lowest BCUT2D eigenvalue weighted by Gasteiger charge is -2.35. The van der Waals surface area contributed by atoms with E-state index in [9.17, 15) is 0 Å². The maximum atomic E-state index is 2.43. The normalized spacial score (nSPS) is 14.0.